The van der Waals surface area contributed by atoms with Crippen LogP contribution in [-0.2, 0) is 4.79 Å². The maximum absolute atomic E-state index is 14.5. The lowest BCUT2D eigenvalue weighted by atomic mass is 9.98. The van der Waals surface area contributed by atoms with Gasteiger partial charge in [-0.1, -0.05) is 24.6 Å². The van der Waals surface area contributed by atoms with E-state index in [9.17, 15) is 9.18 Å². The van der Waals surface area contributed by atoms with Gasteiger partial charge in [0.1, 0.15) is 11.6 Å². The number of likely N-dealkylation sites (tertiary alicyclic amines) is 1. The number of carbonyl (C=O) groups is 1. The summed E-state index contributed by atoms with van der Waals surface area (Å²) in [5.41, 5.74) is 2.21. The summed E-state index contributed by atoms with van der Waals surface area (Å²) >= 11 is 0. The van der Waals surface area contributed by atoms with Gasteiger partial charge in [0.05, 0.1) is 25.4 Å². The monoisotopic (exact) mass is 395 g/mol. The number of hydrogen-bond donors (Lipinski definition) is 0. The lowest BCUT2D eigenvalue weighted by molar-refractivity contribution is -0.134. The molecule has 2 heterocycles. The third-order valence-corrected chi connectivity index (χ3v) is 5.66. The van der Waals surface area contributed by atoms with E-state index in [1.807, 2.05) is 24.3 Å². The molecule has 0 saturated carbocycles. The average molecular weight is 395 g/mol. The van der Waals surface area contributed by atoms with Crippen molar-refractivity contribution in [1.82, 2.24) is 9.91 Å². The highest BCUT2D eigenvalue weighted by atomic mass is 19.1. The molecule has 2 aliphatic heterocycles. The number of methoxy groups -OCH3 is 1. The maximum atomic E-state index is 14.5. The van der Waals surface area contributed by atoms with Gasteiger partial charge >= 0.3 is 0 Å². The number of hydrazone groups is 1. The van der Waals surface area contributed by atoms with Crippen LogP contribution in [-0.4, -0.2) is 48.3 Å². The van der Waals surface area contributed by atoms with E-state index in [2.05, 4.69) is 10.0 Å². The highest BCUT2D eigenvalue weighted by Gasteiger charge is 2.35. The molecule has 1 saturated heterocycles. The van der Waals surface area contributed by atoms with E-state index in [-0.39, 0.29) is 11.7 Å². The Hall–Kier alpha value is -2.73. The molecule has 0 N–H and O–H groups in total. The Morgan fingerprint density at radius 3 is 2.52 bits per heavy atom. The summed E-state index contributed by atoms with van der Waals surface area (Å²) in [6, 6.07) is 13.8. The molecule has 0 radical (unpaired) electrons. The van der Waals surface area contributed by atoms with Crippen LogP contribution in [0.2, 0.25) is 0 Å². The molecule has 0 spiro atoms. The predicted octanol–water partition coefficient (Wildman–Crippen LogP) is 4.00. The van der Waals surface area contributed by atoms with Crippen molar-refractivity contribution in [2.45, 2.75) is 31.7 Å². The van der Waals surface area contributed by atoms with Crippen LogP contribution >= 0.6 is 0 Å². The van der Waals surface area contributed by atoms with Crippen molar-refractivity contribution in [3.63, 3.8) is 0 Å². The van der Waals surface area contributed by atoms with Crippen molar-refractivity contribution in [3.05, 3.63) is 65.5 Å². The zero-order valence-electron chi connectivity index (χ0n) is 16.7. The second kappa shape index (κ2) is 8.74. The zero-order valence-corrected chi connectivity index (χ0v) is 16.7. The molecule has 1 unspecified atom stereocenters. The molecule has 6 heteroatoms. The van der Waals surface area contributed by atoms with Gasteiger partial charge in [0.15, 0.2) is 0 Å². The summed E-state index contributed by atoms with van der Waals surface area (Å²) in [4.78, 5) is 15.3. The van der Waals surface area contributed by atoms with E-state index in [1.54, 1.807) is 25.3 Å². The normalized spacial score (nSPS) is 19.9. The van der Waals surface area contributed by atoms with Gasteiger partial charge in [-0.2, -0.15) is 5.10 Å². The maximum Gasteiger partial charge on any atom is 0.257 e. The van der Waals surface area contributed by atoms with Crippen LogP contribution in [0.3, 0.4) is 0 Å². The Bertz CT molecular complexity index is 891. The Labute approximate surface area is 170 Å². The van der Waals surface area contributed by atoms with Gasteiger partial charge in [-0.15, -0.1) is 0 Å². The lowest BCUT2D eigenvalue weighted by Gasteiger charge is -2.29. The smallest absolute Gasteiger partial charge is 0.257 e. The van der Waals surface area contributed by atoms with Gasteiger partial charge in [0.25, 0.3) is 5.91 Å². The summed E-state index contributed by atoms with van der Waals surface area (Å²) in [6.07, 6.45) is 3.93. The summed E-state index contributed by atoms with van der Waals surface area (Å²) in [6.45, 7) is 2.18. The molecule has 5 nitrogen and oxygen atoms in total. The van der Waals surface area contributed by atoms with Gasteiger partial charge in [-0.25, -0.2) is 9.40 Å². The second-order valence-electron chi connectivity index (χ2n) is 7.59. The molecule has 152 valence electrons. The van der Waals surface area contributed by atoms with E-state index in [0.29, 0.717) is 18.5 Å². The first-order valence-electron chi connectivity index (χ1n) is 10.2. The number of amides is 1. The molecule has 0 aromatic heterocycles. The number of carbonyl (C=O) groups excluding carboxylic acids is 1. The highest BCUT2D eigenvalue weighted by Crippen LogP contribution is 2.34. The second-order valence-corrected chi connectivity index (χ2v) is 7.59. The summed E-state index contributed by atoms with van der Waals surface area (Å²) in [5, 5.41) is 6.14. The first-order chi connectivity index (χ1) is 14.2. The summed E-state index contributed by atoms with van der Waals surface area (Å²) < 4.78 is 19.8. The van der Waals surface area contributed by atoms with Crippen LogP contribution in [0.25, 0.3) is 0 Å². The quantitative estimate of drug-likeness (QED) is 0.769. The number of hydrogen-bond acceptors (Lipinski definition) is 4. The molecular weight excluding hydrogens is 369 g/mol. The van der Waals surface area contributed by atoms with E-state index in [4.69, 9.17) is 4.74 Å². The fraction of sp³-hybridized carbons (Fsp3) is 0.391. The Morgan fingerprint density at radius 1 is 1.10 bits per heavy atom. The van der Waals surface area contributed by atoms with Crippen LogP contribution in [0.15, 0.2) is 53.6 Å². The van der Waals surface area contributed by atoms with Crippen molar-refractivity contribution in [2.75, 3.05) is 26.7 Å². The molecule has 4 rings (SSSR count). The number of nitrogens with zero attached hydrogens (tertiary/aromatic N) is 3. The number of benzene rings is 2. The van der Waals surface area contributed by atoms with Crippen LogP contribution in [0.5, 0.6) is 5.75 Å². The average Bonchev–Trinajstić information content (AvgIpc) is 3.20. The molecule has 1 fully saturated rings. The van der Waals surface area contributed by atoms with Crippen molar-refractivity contribution < 1.29 is 13.9 Å². The van der Waals surface area contributed by atoms with E-state index in [0.717, 1.165) is 43.0 Å². The van der Waals surface area contributed by atoms with Crippen LogP contribution in [0, 0.1) is 5.82 Å². The van der Waals surface area contributed by atoms with Gasteiger partial charge in [-0.05, 0) is 61.8 Å². The minimum absolute atomic E-state index is 0.0799. The molecular formula is C23H26FN3O2. The third-order valence-electron chi connectivity index (χ3n) is 5.66. The molecule has 1 atom stereocenters. The summed E-state index contributed by atoms with van der Waals surface area (Å²) in [5.74, 6) is 0.374. The number of rotatable bonds is 5. The van der Waals surface area contributed by atoms with Crippen molar-refractivity contribution in [3.8, 4) is 5.75 Å². The minimum Gasteiger partial charge on any atom is -0.497 e. The van der Waals surface area contributed by atoms with Gasteiger partial charge in [-0.3, -0.25) is 9.69 Å². The van der Waals surface area contributed by atoms with Crippen molar-refractivity contribution >= 4 is 11.6 Å². The largest absolute Gasteiger partial charge is 0.497 e. The van der Waals surface area contributed by atoms with E-state index in [1.165, 1.54) is 17.5 Å². The summed E-state index contributed by atoms with van der Waals surface area (Å²) in [7, 11) is 1.62. The molecule has 2 aromatic rings. The first-order valence-corrected chi connectivity index (χ1v) is 10.2. The third kappa shape index (κ3) is 4.32. The molecule has 0 bridgehead atoms. The number of ether oxygens (including phenoxy) is 1. The topological polar surface area (TPSA) is 45.1 Å². The fourth-order valence-corrected chi connectivity index (χ4v) is 4.07. The molecule has 0 aliphatic carbocycles. The van der Waals surface area contributed by atoms with E-state index < -0.39 is 6.04 Å². The van der Waals surface area contributed by atoms with Crippen LogP contribution in [0.4, 0.5) is 4.39 Å². The van der Waals surface area contributed by atoms with Gasteiger partial charge in [0.2, 0.25) is 0 Å². The minimum atomic E-state index is -0.425. The number of piperidine rings is 1. The first kappa shape index (κ1) is 19.6. The fourth-order valence-electron chi connectivity index (χ4n) is 4.07. The van der Waals surface area contributed by atoms with Crippen LogP contribution in [0.1, 0.15) is 42.9 Å². The standard InChI is InChI=1S/C23H26FN3O2/c1-29-18-11-9-17(10-12-18)21-15-22(19-7-3-4-8-20(19)24)27(25-21)23(28)16-26-13-5-2-6-14-26/h3-4,7-12,22H,2,5-6,13-16H2,1H3. The predicted molar refractivity (Wildman–Crippen MR) is 110 cm³/mol. The molecule has 2 aliphatic rings. The Kier molecular flexibility index (Phi) is 5.90. The highest BCUT2D eigenvalue weighted by molar-refractivity contribution is 6.03. The Balaban J connectivity index is 1.61. The number of halogens is 1. The SMILES string of the molecule is COc1ccc(C2=NN(C(=O)CN3CCCCC3)C(c3ccccc3F)C2)cc1. The van der Waals surface area contributed by atoms with Gasteiger partial charge < -0.3 is 4.74 Å². The lowest BCUT2D eigenvalue weighted by Crippen LogP contribution is -2.40. The van der Waals surface area contributed by atoms with Crippen molar-refractivity contribution in [2.24, 2.45) is 5.10 Å². The van der Waals surface area contributed by atoms with Crippen LogP contribution < -0.4 is 4.74 Å². The van der Waals surface area contributed by atoms with E-state index >= 15 is 0 Å². The molecule has 29 heavy (non-hydrogen) atoms. The van der Waals surface area contributed by atoms with Gasteiger partial charge in [0, 0.05) is 12.0 Å². The van der Waals surface area contributed by atoms with Crippen molar-refractivity contribution in [1.29, 1.82) is 0 Å². The Morgan fingerprint density at radius 2 is 1.83 bits per heavy atom. The molecule has 2 aromatic carbocycles. The molecule has 1 amide bonds. The zero-order chi connectivity index (χ0) is 20.2.